The third kappa shape index (κ3) is 1.95. The lowest BCUT2D eigenvalue weighted by Gasteiger charge is -2.43. The molecule has 0 spiro atoms. The van der Waals surface area contributed by atoms with Crippen LogP contribution in [0, 0.1) is 22.7 Å². The van der Waals surface area contributed by atoms with E-state index in [0.717, 1.165) is 17.9 Å². The summed E-state index contributed by atoms with van der Waals surface area (Å²) >= 11 is 0. The quantitative estimate of drug-likeness (QED) is 0.709. The molecule has 0 aromatic rings. The molecule has 0 amide bonds. The van der Waals surface area contributed by atoms with Crippen molar-refractivity contribution in [3.63, 3.8) is 0 Å². The molecule has 2 aliphatic carbocycles. The van der Waals surface area contributed by atoms with E-state index in [4.69, 9.17) is 0 Å². The van der Waals surface area contributed by atoms with Gasteiger partial charge in [-0.05, 0) is 61.9 Å². The van der Waals surface area contributed by atoms with E-state index >= 15 is 0 Å². The van der Waals surface area contributed by atoms with E-state index in [1.165, 1.54) is 32.2 Å². The average molecular weight is 237 g/mol. The summed E-state index contributed by atoms with van der Waals surface area (Å²) in [5.74, 6) is 1.80. The summed E-state index contributed by atoms with van der Waals surface area (Å²) in [4.78, 5) is 2.67. The minimum atomic E-state index is 0.559. The van der Waals surface area contributed by atoms with Crippen LogP contribution in [0.25, 0.3) is 0 Å². The topological polar surface area (TPSA) is 3.24 Å². The van der Waals surface area contributed by atoms with Gasteiger partial charge in [0.15, 0.2) is 0 Å². The van der Waals surface area contributed by atoms with Gasteiger partial charge in [0.25, 0.3) is 0 Å². The Hall–Kier alpha value is -0.0400. The molecule has 1 heteroatoms. The molecule has 1 nitrogen and oxygen atoms in total. The number of fused-ring (bicyclic) bond motifs is 2. The molecule has 2 fully saturated rings. The number of rotatable bonds is 4. The smallest absolute Gasteiger partial charge is 0.0154 e. The van der Waals surface area contributed by atoms with Gasteiger partial charge in [0, 0.05) is 6.04 Å². The Bertz CT molecular complexity index is 281. The Morgan fingerprint density at radius 3 is 2.29 bits per heavy atom. The van der Waals surface area contributed by atoms with Crippen molar-refractivity contribution in [1.82, 2.24) is 4.90 Å². The van der Waals surface area contributed by atoms with Gasteiger partial charge in [-0.3, -0.25) is 0 Å². The van der Waals surface area contributed by atoms with Crippen LogP contribution in [0.15, 0.2) is 0 Å². The SMILES string of the molecule is CC(C)CCN(C)C1CC2CCC1(C)C2(C)C. The Balaban J connectivity index is 2.04. The van der Waals surface area contributed by atoms with Crippen LogP contribution in [0.3, 0.4) is 0 Å². The van der Waals surface area contributed by atoms with Crippen LogP contribution in [0.2, 0.25) is 0 Å². The number of nitrogens with zero attached hydrogens (tertiary/aromatic N) is 1. The first-order valence-corrected chi connectivity index (χ1v) is 7.49. The van der Waals surface area contributed by atoms with Crippen molar-refractivity contribution >= 4 is 0 Å². The minimum absolute atomic E-state index is 0.559. The van der Waals surface area contributed by atoms with Crippen molar-refractivity contribution in [2.75, 3.05) is 13.6 Å². The predicted molar refractivity (Wildman–Crippen MR) is 75.1 cm³/mol. The highest BCUT2D eigenvalue weighted by molar-refractivity contribution is 5.13. The molecule has 17 heavy (non-hydrogen) atoms. The molecule has 0 aromatic carbocycles. The summed E-state index contributed by atoms with van der Waals surface area (Å²) in [5.41, 5.74) is 1.12. The molecule has 0 heterocycles. The fraction of sp³-hybridized carbons (Fsp3) is 1.00. The van der Waals surface area contributed by atoms with E-state index in [1.54, 1.807) is 0 Å². The second-order valence-electron chi connectivity index (χ2n) is 7.79. The largest absolute Gasteiger partial charge is 0.303 e. The van der Waals surface area contributed by atoms with Crippen molar-refractivity contribution in [2.45, 2.75) is 66.3 Å². The van der Waals surface area contributed by atoms with Gasteiger partial charge in [0.1, 0.15) is 0 Å². The standard InChI is InChI=1S/C16H31N/c1-12(2)8-10-17(6)14-11-13-7-9-16(14,5)15(13,3)4/h12-14H,7-11H2,1-6H3. The Labute approximate surface area is 108 Å². The van der Waals surface area contributed by atoms with Crippen LogP contribution in [0.4, 0.5) is 0 Å². The molecule has 2 bridgehead atoms. The highest BCUT2D eigenvalue weighted by Gasteiger charge is 2.61. The lowest BCUT2D eigenvalue weighted by atomic mass is 9.69. The van der Waals surface area contributed by atoms with Crippen molar-refractivity contribution < 1.29 is 0 Å². The zero-order valence-corrected chi connectivity index (χ0v) is 12.7. The molecule has 2 saturated carbocycles. The molecule has 0 N–H and O–H groups in total. The fourth-order valence-electron chi connectivity index (χ4n) is 4.45. The molecular formula is C16H31N. The zero-order valence-electron chi connectivity index (χ0n) is 12.7. The second kappa shape index (κ2) is 4.26. The van der Waals surface area contributed by atoms with Crippen molar-refractivity contribution in [3.05, 3.63) is 0 Å². The first-order valence-electron chi connectivity index (χ1n) is 7.49. The molecule has 3 atom stereocenters. The first kappa shape index (κ1) is 13.4. The van der Waals surface area contributed by atoms with E-state index in [2.05, 4.69) is 46.6 Å². The maximum Gasteiger partial charge on any atom is 0.0154 e. The van der Waals surface area contributed by atoms with Crippen LogP contribution in [0.5, 0.6) is 0 Å². The maximum absolute atomic E-state index is 2.67. The predicted octanol–water partition coefficient (Wildman–Crippen LogP) is 4.18. The van der Waals surface area contributed by atoms with Crippen molar-refractivity contribution in [2.24, 2.45) is 22.7 Å². The lowest BCUT2D eigenvalue weighted by molar-refractivity contribution is 0.0558. The van der Waals surface area contributed by atoms with Crippen molar-refractivity contribution in [3.8, 4) is 0 Å². The normalized spacial score (nSPS) is 39.5. The molecule has 100 valence electrons. The van der Waals surface area contributed by atoms with Crippen LogP contribution >= 0.6 is 0 Å². The van der Waals surface area contributed by atoms with Crippen LogP contribution < -0.4 is 0 Å². The first-order chi connectivity index (χ1) is 7.79. The van der Waals surface area contributed by atoms with Gasteiger partial charge in [-0.25, -0.2) is 0 Å². The Morgan fingerprint density at radius 2 is 1.88 bits per heavy atom. The van der Waals surface area contributed by atoms with Crippen LogP contribution in [-0.2, 0) is 0 Å². The molecule has 0 saturated heterocycles. The molecule has 3 unspecified atom stereocenters. The summed E-state index contributed by atoms with van der Waals surface area (Å²) < 4.78 is 0. The molecule has 0 radical (unpaired) electrons. The van der Waals surface area contributed by atoms with E-state index in [9.17, 15) is 0 Å². The highest BCUT2D eigenvalue weighted by atomic mass is 15.2. The van der Waals surface area contributed by atoms with Crippen molar-refractivity contribution in [1.29, 1.82) is 0 Å². The van der Waals surface area contributed by atoms with E-state index < -0.39 is 0 Å². The Kier molecular flexibility index (Phi) is 3.36. The van der Waals surface area contributed by atoms with Gasteiger partial charge in [-0.15, -0.1) is 0 Å². The molecule has 2 aliphatic rings. The molecular weight excluding hydrogens is 206 g/mol. The summed E-state index contributed by atoms with van der Waals surface area (Å²) in [6, 6.07) is 0.829. The minimum Gasteiger partial charge on any atom is -0.303 e. The van der Waals surface area contributed by atoms with Gasteiger partial charge in [0.2, 0.25) is 0 Å². The highest BCUT2D eigenvalue weighted by Crippen LogP contribution is 2.66. The molecule has 2 rings (SSSR count). The van der Waals surface area contributed by atoms with Crippen LogP contribution in [0.1, 0.15) is 60.3 Å². The summed E-state index contributed by atoms with van der Waals surface area (Å²) in [7, 11) is 2.36. The second-order valence-corrected chi connectivity index (χ2v) is 7.79. The average Bonchev–Trinajstić information content (AvgIpc) is 2.57. The summed E-state index contributed by atoms with van der Waals surface area (Å²) in [6.07, 6.45) is 5.70. The third-order valence-corrected chi connectivity index (χ3v) is 6.34. The van der Waals surface area contributed by atoms with Gasteiger partial charge in [-0.1, -0.05) is 34.6 Å². The third-order valence-electron chi connectivity index (χ3n) is 6.34. The maximum atomic E-state index is 2.67. The fourth-order valence-corrected chi connectivity index (χ4v) is 4.45. The zero-order chi connectivity index (χ0) is 12.8. The van der Waals surface area contributed by atoms with Gasteiger partial charge in [0.05, 0.1) is 0 Å². The number of hydrogen-bond donors (Lipinski definition) is 0. The summed E-state index contributed by atoms with van der Waals surface area (Å²) in [6.45, 7) is 13.5. The summed E-state index contributed by atoms with van der Waals surface area (Å²) in [5, 5.41) is 0. The van der Waals surface area contributed by atoms with E-state index in [-0.39, 0.29) is 0 Å². The van der Waals surface area contributed by atoms with Gasteiger partial charge in [-0.2, -0.15) is 0 Å². The van der Waals surface area contributed by atoms with E-state index in [1.807, 2.05) is 0 Å². The Morgan fingerprint density at radius 1 is 1.24 bits per heavy atom. The monoisotopic (exact) mass is 237 g/mol. The van der Waals surface area contributed by atoms with Gasteiger partial charge < -0.3 is 4.90 Å². The molecule has 0 aromatic heterocycles. The van der Waals surface area contributed by atoms with E-state index in [0.29, 0.717) is 10.8 Å². The number of hydrogen-bond acceptors (Lipinski definition) is 1. The van der Waals surface area contributed by atoms with Gasteiger partial charge >= 0.3 is 0 Å². The van der Waals surface area contributed by atoms with Crippen LogP contribution in [-0.4, -0.2) is 24.5 Å². The lowest BCUT2D eigenvalue weighted by Crippen LogP contribution is -2.45. The molecule has 0 aliphatic heterocycles.